The summed E-state index contributed by atoms with van der Waals surface area (Å²) >= 11 is 0. The summed E-state index contributed by atoms with van der Waals surface area (Å²) < 4.78 is 20.3. The highest BCUT2D eigenvalue weighted by Crippen LogP contribution is 2.28. The van der Waals surface area contributed by atoms with Crippen molar-refractivity contribution in [1.82, 2.24) is 4.90 Å². The Bertz CT molecular complexity index is 867. The van der Waals surface area contributed by atoms with Gasteiger partial charge in [-0.05, 0) is 23.8 Å². The molecule has 2 aromatic carbocycles. The first-order chi connectivity index (χ1) is 13.9. The molecule has 1 atom stereocenters. The van der Waals surface area contributed by atoms with E-state index in [1.165, 1.54) is 39.5 Å². The van der Waals surface area contributed by atoms with Gasteiger partial charge < -0.3 is 18.9 Å². The molecule has 0 aliphatic rings. The van der Waals surface area contributed by atoms with Gasteiger partial charge in [0.05, 0.1) is 21.3 Å². The molecule has 0 aromatic heterocycles. The van der Waals surface area contributed by atoms with Gasteiger partial charge in [0, 0.05) is 12.6 Å². The zero-order valence-corrected chi connectivity index (χ0v) is 16.7. The number of carbonyl (C=O) groups excluding carboxylic acids is 3. The van der Waals surface area contributed by atoms with Crippen LogP contribution in [-0.4, -0.2) is 57.2 Å². The number of amides is 1. The van der Waals surface area contributed by atoms with Crippen LogP contribution in [0.15, 0.2) is 48.5 Å². The molecular formula is C21H23NO7. The highest BCUT2D eigenvalue weighted by Gasteiger charge is 2.36. The molecule has 0 spiro atoms. The van der Waals surface area contributed by atoms with Gasteiger partial charge in [0.2, 0.25) is 0 Å². The van der Waals surface area contributed by atoms with Gasteiger partial charge in [-0.2, -0.15) is 0 Å². The quantitative estimate of drug-likeness (QED) is 0.381. The molecule has 0 bridgehead atoms. The van der Waals surface area contributed by atoms with Gasteiger partial charge in [-0.3, -0.25) is 9.69 Å². The van der Waals surface area contributed by atoms with Gasteiger partial charge in [0.25, 0.3) is 0 Å². The molecule has 1 amide bonds. The minimum absolute atomic E-state index is 0.00244. The van der Waals surface area contributed by atoms with E-state index in [9.17, 15) is 14.4 Å². The van der Waals surface area contributed by atoms with Crippen molar-refractivity contribution >= 4 is 17.8 Å². The van der Waals surface area contributed by atoms with Crippen LogP contribution in [-0.2, 0) is 20.9 Å². The van der Waals surface area contributed by atoms with Crippen molar-refractivity contribution in [3.8, 4) is 11.5 Å². The van der Waals surface area contributed by atoms with E-state index in [2.05, 4.69) is 0 Å². The molecule has 8 heteroatoms. The number of benzene rings is 2. The summed E-state index contributed by atoms with van der Waals surface area (Å²) in [5.74, 6) is -0.786. The summed E-state index contributed by atoms with van der Waals surface area (Å²) in [4.78, 5) is 38.6. The van der Waals surface area contributed by atoms with E-state index in [-0.39, 0.29) is 12.2 Å². The molecule has 8 nitrogen and oxygen atoms in total. The molecule has 0 fully saturated rings. The number of ketones is 1. The van der Waals surface area contributed by atoms with E-state index >= 15 is 0 Å². The second-order valence-corrected chi connectivity index (χ2v) is 6.01. The van der Waals surface area contributed by atoms with Crippen molar-refractivity contribution < 1.29 is 33.3 Å². The first kappa shape index (κ1) is 21.7. The normalized spacial score (nSPS) is 11.2. The average Bonchev–Trinajstić information content (AvgIpc) is 2.77. The van der Waals surface area contributed by atoms with Gasteiger partial charge in [0.1, 0.15) is 6.61 Å². The molecule has 154 valence electrons. The Morgan fingerprint density at radius 3 is 2.17 bits per heavy atom. The van der Waals surface area contributed by atoms with E-state index in [1.54, 1.807) is 12.1 Å². The molecule has 29 heavy (non-hydrogen) atoms. The maximum Gasteiger partial charge on any atom is 0.410 e. The minimum atomic E-state index is -1.51. The SMILES string of the molecule is COC(=O)C(C(=O)c1ccc(OC)c(OC)c1)N(C)C(=O)OCc1ccccc1. The molecule has 0 radical (unpaired) electrons. The van der Waals surface area contributed by atoms with E-state index in [0.717, 1.165) is 17.6 Å². The fourth-order valence-corrected chi connectivity index (χ4v) is 2.63. The molecule has 2 aromatic rings. The Hall–Kier alpha value is -3.55. The van der Waals surface area contributed by atoms with Crippen LogP contribution in [0.3, 0.4) is 0 Å². The molecule has 0 N–H and O–H groups in total. The fourth-order valence-electron chi connectivity index (χ4n) is 2.63. The number of hydrogen-bond donors (Lipinski definition) is 0. The summed E-state index contributed by atoms with van der Waals surface area (Å²) in [5, 5.41) is 0. The van der Waals surface area contributed by atoms with E-state index in [1.807, 2.05) is 18.2 Å². The van der Waals surface area contributed by atoms with E-state index < -0.39 is 23.9 Å². The smallest absolute Gasteiger partial charge is 0.410 e. The Morgan fingerprint density at radius 2 is 1.59 bits per heavy atom. The third-order valence-corrected chi connectivity index (χ3v) is 4.22. The van der Waals surface area contributed by atoms with Crippen molar-refractivity contribution in [2.75, 3.05) is 28.4 Å². The molecule has 1 unspecified atom stereocenters. The van der Waals surface area contributed by atoms with E-state index in [4.69, 9.17) is 18.9 Å². The summed E-state index contributed by atoms with van der Waals surface area (Å²) in [7, 11) is 5.33. The maximum absolute atomic E-state index is 13.0. The van der Waals surface area contributed by atoms with Crippen molar-refractivity contribution in [3.63, 3.8) is 0 Å². The Labute approximate surface area is 168 Å². The van der Waals surface area contributed by atoms with Crippen LogP contribution in [0.5, 0.6) is 11.5 Å². The molecule has 0 aliphatic heterocycles. The van der Waals surface area contributed by atoms with Crippen molar-refractivity contribution in [1.29, 1.82) is 0 Å². The number of ether oxygens (including phenoxy) is 4. The van der Waals surface area contributed by atoms with Crippen molar-refractivity contribution in [2.45, 2.75) is 12.6 Å². The fraction of sp³-hybridized carbons (Fsp3) is 0.286. The number of methoxy groups -OCH3 is 3. The molecule has 0 aliphatic carbocycles. The Balaban J connectivity index is 2.22. The highest BCUT2D eigenvalue weighted by molar-refractivity contribution is 6.13. The first-order valence-electron chi connectivity index (χ1n) is 8.70. The highest BCUT2D eigenvalue weighted by atomic mass is 16.6. The van der Waals surface area contributed by atoms with Gasteiger partial charge in [0.15, 0.2) is 23.3 Å². The number of carbonyl (C=O) groups is 3. The predicted molar refractivity (Wildman–Crippen MR) is 104 cm³/mol. The summed E-state index contributed by atoms with van der Waals surface area (Å²) in [5.41, 5.74) is 0.927. The Kier molecular flexibility index (Phi) is 7.59. The van der Waals surface area contributed by atoms with Crippen molar-refractivity contribution in [2.24, 2.45) is 0 Å². The molecule has 0 saturated heterocycles. The monoisotopic (exact) mass is 401 g/mol. The van der Waals surface area contributed by atoms with Gasteiger partial charge >= 0.3 is 12.1 Å². The van der Waals surface area contributed by atoms with Crippen LogP contribution < -0.4 is 9.47 Å². The minimum Gasteiger partial charge on any atom is -0.493 e. The van der Waals surface area contributed by atoms with Gasteiger partial charge in [-0.25, -0.2) is 9.59 Å². The van der Waals surface area contributed by atoms with Gasteiger partial charge in [-0.15, -0.1) is 0 Å². The van der Waals surface area contributed by atoms with Crippen LogP contribution in [0, 0.1) is 0 Å². The average molecular weight is 401 g/mol. The number of esters is 1. The van der Waals surface area contributed by atoms with Gasteiger partial charge in [-0.1, -0.05) is 30.3 Å². The summed E-state index contributed by atoms with van der Waals surface area (Å²) in [6.07, 6.45) is -0.835. The lowest BCUT2D eigenvalue weighted by Crippen LogP contribution is -2.48. The number of likely N-dealkylation sites (N-methyl/N-ethyl adjacent to an activating group) is 1. The number of nitrogens with zero attached hydrogens (tertiary/aromatic N) is 1. The largest absolute Gasteiger partial charge is 0.493 e. The van der Waals surface area contributed by atoms with Crippen LogP contribution in [0.2, 0.25) is 0 Å². The molecule has 2 rings (SSSR count). The molecule has 0 saturated carbocycles. The third-order valence-electron chi connectivity index (χ3n) is 4.22. The van der Waals surface area contributed by atoms with Crippen LogP contribution in [0.1, 0.15) is 15.9 Å². The number of rotatable bonds is 8. The first-order valence-corrected chi connectivity index (χ1v) is 8.70. The summed E-state index contributed by atoms with van der Waals surface area (Å²) in [6, 6.07) is 12.0. The third kappa shape index (κ3) is 5.25. The zero-order chi connectivity index (χ0) is 21.4. The second kappa shape index (κ2) is 10.1. The molecule has 0 heterocycles. The Morgan fingerprint density at radius 1 is 0.931 bits per heavy atom. The lowest BCUT2D eigenvalue weighted by molar-refractivity contribution is -0.144. The summed E-state index contributed by atoms with van der Waals surface area (Å²) in [6.45, 7) is 0.00244. The van der Waals surface area contributed by atoms with Crippen LogP contribution in [0.4, 0.5) is 4.79 Å². The lowest BCUT2D eigenvalue weighted by Gasteiger charge is -2.24. The second-order valence-electron chi connectivity index (χ2n) is 6.01. The van der Waals surface area contributed by atoms with Crippen molar-refractivity contribution in [3.05, 3.63) is 59.7 Å². The number of hydrogen-bond acceptors (Lipinski definition) is 7. The van der Waals surface area contributed by atoms with Crippen LogP contribution in [0.25, 0.3) is 0 Å². The number of Topliss-reactive ketones (excluding diaryl/α,β-unsaturated/α-hetero) is 1. The predicted octanol–water partition coefficient (Wildman–Crippen LogP) is 2.70. The van der Waals surface area contributed by atoms with E-state index in [0.29, 0.717) is 11.5 Å². The lowest BCUT2D eigenvalue weighted by atomic mass is 10.0. The zero-order valence-electron chi connectivity index (χ0n) is 16.7. The van der Waals surface area contributed by atoms with Crippen LogP contribution >= 0.6 is 0 Å². The molecular weight excluding hydrogens is 378 g/mol. The maximum atomic E-state index is 13.0. The standard InChI is InChI=1S/C21H23NO7/c1-22(21(25)29-13-14-8-6-5-7-9-14)18(20(24)28-4)19(23)15-10-11-16(26-2)17(12-15)27-3/h5-12,18H,13H2,1-4H3. The topological polar surface area (TPSA) is 91.4 Å².